The van der Waals surface area contributed by atoms with Crippen LogP contribution >= 0.6 is 11.5 Å². The molecule has 0 unspecified atom stereocenters. The number of anilines is 1. The first kappa shape index (κ1) is 13.4. The highest BCUT2D eigenvalue weighted by Gasteiger charge is 2.19. The third-order valence-corrected chi connectivity index (χ3v) is 3.46. The van der Waals surface area contributed by atoms with Gasteiger partial charge < -0.3 is 5.32 Å². The fraction of sp³-hybridized carbons (Fsp3) is 0.778. The molecule has 1 N–H and O–H groups in total. The normalized spacial score (nSPS) is 12.8. The summed E-state index contributed by atoms with van der Waals surface area (Å²) in [5.41, 5.74) is -0.0761. The summed E-state index contributed by atoms with van der Waals surface area (Å²) in [6.07, 6.45) is 1.22. The minimum Gasteiger partial charge on any atom is -0.359 e. The van der Waals surface area contributed by atoms with Crippen molar-refractivity contribution in [2.24, 2.45) is 0 Å². The second kappa shape index (κ2) is 4.67. The molecule has 5 nitrogen and oxygen atoms in total. The van der Waals surface area contributed by atoms with E-state index in [9.17, 15) is 8.42 Å². The summed E-state index contributed by atoms with van der Waals surface area (Å²) in [5, 5.41) is 3.63. The predicted molar refractivity (Wildman–Crippen MR) is 66.8 cm³/mol. The van der Waals surface area contributed by atoms with E-state index in [1.54, 1.807) is 0 Å². The molecule has 0 saturated carbocycles. The second-order valence-electron chi connectivity index (χ2n) is 4.73. The Bertz CT molecular complexity index is 446. The first-order chi connectivity index (χ1) is 7.18. The second-order valence-corrected chi connectivity index (χ2v) is 7.74. The molecule has 1 aromatic rings. The van der Waals surface area contributed by atoms with Crippen LogP contribution < -0.4 is 5.32 Å². The minimum atomic E-state index is -2.92. The molecular formula is C9H17N3O2S2. The summed E-state index contributed by atoms with van der Waals surface area (Å²) < 4.78 is 26.0. The molecule has 92 valence electrons. The molecule has 0 amide bonds. The average Bonchev–Trinajstić information content (AvgIpc) is 2.49. The highest BCUT2D eigenvalue weighted by atomic mass is 32.2. The summed E-state index contributed by atoms with van der Waals surface area (Å²) >= 11 is 1.26. The number of nitrogens with zero attached hydrogens (tertiary/aromatic N) is 2. The average molecular weight is 263 g/mol. The van der Waals surface area contributed by atoms with Gasteiger partial charge in [-0.05, 0) is 0 Å². The van der Waals surface area contributed by atoms with Crippen LogP contribution in [0.5, 0.6) is 0 Å². The number of sulfone groups is 1. The van der Waals surface area contributed by atoms with Gasteiger partial charge in [-0.3, -0.25) is 0 Å². The highest BCUT2D eigenvalue weighted by molar-refractivity contribution is 7.90. The van der Waals surface area contributed by atoms with Gasteiger partial charge in [0.2, 0.25) is 5.13 Å². The lowest BCUT2D eigenvalue weighted by atomic mass is 9.96. The van der Waals surface area contributed by atoms with Crippen LogP contribution in [0.25, 0.3) is 0 Å². The summed E-state index contributed by atoms with van der Waals surface area (Å²) in [4.78, 5) is 4.30. The van der Waals surface area contributed by atoms with Gasteiger partial charge in [-0.25, -0.2) is 13.4 Å². The fourth-order valence-corrected chi connectivity index (χ4v) is 2.20. The first-order valence-corrected chi connectivity index (χ1v) is 7.78. The number of hydrogen-bond acceptors (Lipinski definition) is 6. The van der Waals surface area contributed by atoms with Crippen molar-refractivity contribution in [1.29, 1.82) is 0 Å². The molecule has 0 bridgehead atoms. The van der Waals surface area contributed by atoms with Gasteiger partial charge in [-0.1, -0.05) is 20.8 Å². The van der Waals surface area contributed by atoms with Gasteiger partial charge in [0.1, 0.15) is 15.7 Å². The third kappa shape index (κ3) is 4.44. The Kier molecular flexibility index (Phi) is 3.90. The van der Waals surface area contributed by atoms with Crippen LogP contribution in [0.3, 0.4) is 0 Å². The maximum absolute atomic E-state index is 10.9. The van der Waals surface area contributed by atoms with Gasteiger partial charge in [0.15, 0.2) is 0 Å². The van der Waals surface area contributed by atoms with Crippen LogP contribution in [-0.2, 0) is 15.3 Å². The zero-order chi connectivity index (χ0) is 12.4. The Balaban J connectivity index is 2.54. The number of hydrogen-bond donors (Lipinski definition) is 1. The zero-order valence-corrected chi connectivity index (χ0v) is 11.6. The minimum absolute atomic E-state index is 0.0761. The molecule has 0 aliphatic carbocycles. The molecule has 0 aromatic carbocycles. The van der Waals surface area contributed by atoms with E-state index in [2.05, 4.69) is 14.7 Å². The molecule has 0 saturated heterocycles. The molecule has 16 heavy (non-hydrogen) atoms. The Morgan fingerprint density at radius 1 is 1.38 bits per heavy atom. The van der Waals surface area contributed by atoms with Crippen LogP contribution in [0.4, 0.5) is 5.13 Å². The molecule has 0 fully saturated rings. The lowest BCUT2D eigenvalue weighted by molar-refractivity contribution is 0.555. The number of aromatic nitrogens is 2. The SMILES string of the molecule is CC(C)(C)c1nsc(NCCS(C)(=O)=O)n1. The molecule has 1 heterocycles. The molecule has 0 aliphatic heterocycles. The van der Waals surface area contributed by atoms with Crippen LogP contribution in [-0.4, -0.2) is 36.3 Å². The standard InChI is InChI=1S/C9H17N3O2S2/c1-9(2,3)7-11-8(15-12-7)10-5-6-16(4,13)14/h5-6H2,1-4H3,(H,10,11,12). The van der Waals surface area contributed by atoms with Gasteiger partial charge in [-0.2, -0.15) is 4.37 Å². The zero-order valence-electron chi connectivity index (χ0n) is 9.94. The van der Waals surface area contributed by atoms with E-state index in [4.69, 9.17) is 0 Å². The molecule has 1 aromatic heterocycles. The van der Waals surface area contributed by atoms with Crippen molar-refractivity contribution in [3.8, 4) is 0 Å². The van der Waals surface area contributed by atoms with Crippen molar-refractivity contribution < 1.29 is 8.42 Å². The van der Waals surface area contributed by atoms with Gasteiger partial charge in [0, 0.05) is 29.7 Å². The maximum Gasteiger partial charge on any atom is 0.202 e. The number of nitrogens with one attached hydrogen (secondary N) is 1. The molecule has 0 aliphatic rings. The topological polar surface area (TPSA) is 72.0 Å². The largest absolute Gasteiger partial charge is 0.359 e. The van der Waals surface area contributed by atoms with Crippen LogP contribution in [0.2, 0.25) is 0 Å². The molecular weight excluding hydrogens is 246 g/mol. The molecule has 0 radical (unpaired) electrons. The van der Waals surface area contributed by atoms with E-state index in [1.165, 1.54) is 17.8 Å². The van der Waals surface area contributed by atoms with Crippen molar-refractivity contribution in [2.45, 2.75) is 26.2 Å². The van der Waals surface area contributed by atoms with Gasteiger partial charge in [-0.15, -0.1) is 0 Å². The van der Waals surface area contributed by atoms with Crippen molar-refractivity contribution in [1.82, 2.24) is 9.36 Å². The molecule has 0 atom stereocenters. The van der Waals surface area contributed by atoms with Crippen molar-refractivity contribution >= 4 is 26.5 Å². The monoisotopic (exact) mass is 263 g/mol. The maximum atomic E-state index is 10.9. The van der Waals surface area contributed by atoms with E-state index in [0.29, 0.717) is 11.7 Å². The Hall–Kier alpha value is -0.690. The Labute approximate surface area is 100 Å². The summed E-state index contributed by atoms with van der Waals surface area (Å²) in [5.74, 6) is 0.886. The summed E-state index contributed by atoms with van der Waals surface area (Å²) in [7, 11) is -2.92. The third-order valence-electron chi connectivity index (χ3n) is 1.85. The smallest absolute Gasteiger partial charge is 0.202 e. The Morgan fingerprint density at radius 3 is 2.44 bits per heavy atom. The van der Waals surface area contributed by atoms with E-state index in [1.807, 2.05) is 20.8 Å². The van der Waals surface area contributed by atoms with Crippen LogP contribution in [0.1, 0.15) is 26.6 Å². The van der Waals surface area contributed by atoms with E-state index < -0.39 is 9.84 Å². The molecule has 0 spiro atoms. The van der Waals surface area contributed by atoms with E-state index >= 15 is 0 Å². The van der Waals surface area contributed by atoms with Gasteiger partial charge in [0.05, 0.1) is 5.75 Å². The van der Waals surface area contributed by atoms with Gasteiger partial charge in [0.25, 0.3) is 0 Å². The fourth-order valence-electron chi connectivity index (χ4n) is 0.943. The van der Waals surface area contributed by atoms with E-state index in [0.717, 1.165) is 5.82 Å². The first-order valence-electron chi connectivity index (χ1n) is 4.94. The van der Waals surface area contributed by atoms with Crippen LogP contribution in [0, 0.1) is 0 Å². The highest BCUT2D eigenvalue weighted by Crippen LogP contribution is 2.22. The van der Waals surface area contributed by atoms with Crippen LogP contribution in [0.15, 0.2) is 0 Å². The quantitative estimate of drug-likeness (QED) is 0.886. The number of rotatable bonds is 4. The summed E-state index contributed by atoms with van der Waals surface area (Å²) in [6, 6.07) is 0. The summed E-state index contributed by atoms with van der Waals surface area (Å²) in [6.45, 7) is 6.48. The Morgan fingerprint density at radius 2 is 2.00 bits per heavy atom. The lowest BCUT2D eigenvalue weighted by Crippen LogP contribution is -2.15. The van der Waals surface area contributed by atoms with Crippen molar-refractivity contribution in [3.63, 3.8) is 0 Å². The van der Waals surface area contributed by atoms with Crippen molar-refractivity contribution in [2.75, 3.05) is 23.9 Å². The molecule has 7 heteroatoms. The lowest BCUT2D eigenvalue weighted by Gasteiger charge is -2.12. The van der Waals surface area contributed by atoms with E-state index in [-0.39, 0.29) is 11.2 Å². The molecule has 1 rings (SSSR count). The predicted octanol–water partition coefficient (Wildman–Crippen LogP) is 1.29. The van der Waals surface area contributed by atoms with Gasteiger partial charge >= 0.3 is 0 Å². The van der Waals surface area contributed by atoms with Crippen molar-refractivity contribution in [3.05, 3.63) is 5.82 Å².